The highest BCUT2D eigenvalue weighted by Gasteiger charge is 2.47. The molecule has 13 heavy (non-hydrogen) atoms. The molecule has 0 nitrogen and oxygen atoms in total. The van der Waals surface area contributed by atoms with Gasteiger partial charge in [0.05, 0.1) is 0 Å². The average Bonchev–Trinajstić information content (AvgIpc) is 2.10. The Labute approximate surface area is 83.7 Å². The van der Waals surface area contributed by atoms with Crippen molar-refractivity contribution in [3.8, 4) is 0 Å². The smallest absolute Gasteiger partial charge is 0.0180 e. The molecule has 1 heteroatoms. The van der Waals surface area contributed by atoms with Crippen molar-refractivity contribution in [1.82, 2.24) is 0 Å². The van der Waals surface area contributed by atoms with Crippen molar-refractivity contribution in [3.05, 3.63) is 0 Å². The summed E-state index contributed by atoms with van der Waals surface area (Å²) in [5.41, 5.74) is 1.18. The Morgan fingerprint density at radius 2 is 1.46 bits per heavy atom. The molecule has 4 saturated carbocycles. The van der Waals surface area contributed by atoms with Crippen molar-refractivity contribution in [2.24, 2.45) is 23.7 Å². The SMILES string of the molecule is CCPC1C2CC3CC(C2)CC1C3. The topological polar surface area (TPSA) is 0 Å². The summed E-state index contributed by atoms with van der Waals surface area (Å²) in [6.07, 6.45) is 9.52. The summed E-state index contributed by atoms with van der Waals surface area (Å²) in [7, 11) is 1.29. The lowest BCUT2D eigenvalue weighted by Gasteiger charge is -2.54. The summed E-state index contributed by atoms with van der Waals surface area (Å²) in [6, 6.07) is 0. The lowest BCUT2D eigenvalue weighted by molar-refractivity contribution is 0.0256. The van der Waals surface area contributed by atoms with Gasteiger partial charge in [-0.05, 0) is 67.6 Å². The van der Waals surface area contributed by atoms with Gasteiger partial charge in [-0.25, -0.2) is 0 Å². The van der Waals surface area contributed by atoms with Gasteiger partial charge in [-0.1, -0.05) is 6.92 Å². The van der Waals surface area contributed by atoms with E-state index in [9.17, 15) is 0 Å². The fraction of sp³-hybridized carbons (Fsp3) is 1.00. The lowest BCUT2D eigenvalue weighted by atomic mass is 9.56. The third-order valence-electron chi connectivity index (χ3n) is 4.67. The molecule has 0 N–H and O–H groups in total. The predicted octanol–water partition coefficient (Wildman–Crippen LogP) is 3.51. The molecule has 0 aromatic carbocycles. The molecule has 4 fully saturated rings. The van der Waals surface area contributed by atoms with Crippen LogP contribution in [0.2, 0.25) is 0 Å². The minimum atomic E-state index is 1.17. The second kappa shape index (κ2) is 3.23. The molecular formula is C12H21P. The molecule has 0 spiro atoms. The molecule has 1 unspecified atom stereocenters. The van der Waals surface area contributed by atoms with Crippen LogP contribution in [-0.4, -0.2) is 11.8 Å². The third-order valence-corrected chi connectivity index (χ3v) is 6.49. The van der Waals surface area contributed by atoms with Crippen molar-refractivity contribution >= 4 is 8.58 Å². The normalized spacial score (nSPS) is 53.8. The lowest BCUT2D eigenvalue weighted by Crippen LogP contribution is -2.46. The van der Waals surface area contributed by atoms with E-state index in [0.29, 0.717) is 0 Å². The maximum absolute atomic E-state index is 2.38. The van der Waals surface area contributed by atoms with Crippen LogP contribution in [0.5, 0.6) is 0 Å². The molecular weight excluding hydrogens is 175 g/mol. The van der Waals surface area contributed by atoms with Gasteiger partial charge in [0.1, 0.15) is 0 Å². The Balaban J connectivity index is 1.77. The van der Waals surface area contributed by atoms with Crippen LogP contribution in [0.4, 0.5) is 0 Å². The van der Waals surface area contributed by atoms with E-state index in [2.05, 4.69) is 6.92 Å². The van der Waals surface area contributed by atoms with Crippen LogP contribution in [0.25, 0.3) is 0 Å². The molecule has 0 radical (unpaired) electrons. The van der Waals surface area contributed by atoms with E-state index >= 15 is 0 Å². The molecule has 0 amide bonds. The van der Waals surface area contributed by atoms with Crippen molar-refractivity contribution in [2.45, 2.75) is 44.7 Å². The van der Waals surface area contributed by atoms with Gasteiger partial charge in [0.15, 0.2) is 0 Å². The van der Waals surface area contributed by atoms with Crippen LogP contribution in [0, 0.1) is 23.7 Å². The van der Waals surface area contributed by atoms with Crippen LogP contribution in [-0.2, 0) is 0 Å². The van der Waals surface area contributed by atoms with E-state index in [-0.39, 0.29) is 0 Å². The first-order valence-electron chi connectivity index (χ1n) is 6.10. The minimum absolute atomic E-state index is 1.17. The quantitative estimate of drug-likeness (QED) is 0.593. The van der Waals surface area contributed by atoms with E-state index in [0.717, 1.165) is 0 Å². The Bertz CT molecular complexity index is 171. The molecule has 4 aliphatic carbocycles. The highest BCUT2D eigenvalue weighted by Crippen LogP contribution is 2.58. The number of rotatable bonds is 2. The van der Waals surface area contributed by atoms with Crippen LogP contribution in [0.3, 0.4) is 0 Å². The summed E-state index contributed by atoms with van der Waals surface area (Å²) >= 11 is 0. The molecule has 0 aliphatic heterocycles. The largest absolute Gasteiger partial charge is 0.119 e. The highest BCUT2D eigenvalue weighted by molar-refractivity contribution is 7.38. The van der Waals surface area contributed by atoms with Crippen LogP contribution in [0.15, 0.2) is 0 Å². The molecule has 4 aliphatic rings. The van der Waals surface area contributed by atoms with Gasteiger partial charge < -0.3 is 0 Å². The second-order valence-electron chi connectivity index (χ2n) is 5.51. The van der Waals surface area contributed by atoms with E-state index in [4.69, 9.17) is 0 Å². The molecule has 0 aromatic heterocycles. The molecule has 0 heterocycles. The van der Waals surface area contributed by atoms with Gasteiger partial charge in [0, 0.05) is 0 Å². The summed E-state index contributed by atoms with van der Waals surface area (Å²) in [6.45, 7) is 2.38. The fourth-order valence-electron chi connectivity index (χ4n) is 4.49. The first-order valence-corrected chi connectivity index (χ1v) is 7.38. The molecule has 4 bridgehead atoms. The second-order valence-corrected chi connectivity index (χ2v) is 7.30. The third kappa shape index (κ3) is 1.37. The van der Waals surface area contributed by atoms with Gasteiger partial charge in [0.2, 0.25) is 0 Å². The standard InChI is InChI=1S/C12H21P/c1-2-13-12-10-4-8-3-9(6-10)7-11(12)5-8/h8-13H,2-7H2,1H3. The summed E-state index contributed by atoms with van der Waals surface area (Å²) in [4.78, 5) is 0. The van der Waals surface area contributed by atoms with Crippen molar-refractivity contribution in [1.29, 1.82) is 0 Å². The maximum atomic E-state index is 2.38. The van der Waals surface area contributed by atoms with Crippen LogP contribution >= 0.6 is 8.58 Å². The van der Waals surface area contributed by atoms with Gasteiger partial charge >= 0.3 is 0 Å². The predicted molar refractivity (Wildman–Crippen MR) is 59.7 cm³/mol. The summed E-state index contributed by atoms with van der Waals surface area (Å²) in [5.74, 6) is 4.69. The Morgan fingerprint density at radius 1 is 0.923 bits per heavy atom. The summed E-state index contributed by atoms with van der Waals surface area (Å²) in [5, 5.41) is 0. The van der Waals surface area contributed by atoms with E-state index < -0.39 is 0 Å². The minimum Gasteiger partial charge on any atom is -0.119 e. The molecule has 1 atom stereocenters. The Hall–Kier alpha value is 0.430. The summed E-state index contributed by atoms with van der Waals surface area (Å²) < 4.78 is 0. The van der Waals surface area contributed by atoms with Gasteiger partial charge in [-0.3, -0.25) is 0 Å². The van der Waals surface area contributed by atoms with Crippen molar-refractivity contribution in [3.63, 3.8) is 0 Å². The maximum Gasteiger partial charge on any atom is -0.0180 e. The Kier molecular flexibility index (Phi) is 2.16. The van der Waals surface area contributed by atoms with Crippen molar-refractivity contribution < 1.29 is 0 Å². The van der Waals surface area contributed by atoms with E-state index in [1.807, 2.05) is 0 Å². The zero-order chi connectivity index (χ0) is 8.84. The molecule has 4 rings (SSSR count). The Morgan fingerprint density at radius 3 is 1.92 bits per heavy atom. The molecule has 0 aromatic rings. The number of hydrogen-bond donors (Lipinski definition) is 0. The monoisotopic (exact) mass is 196 g/mol. The zero-order valence-electron chi connectivity index (χ0n) is 8.63. The molecule has 74 valence electrons. The van der Waals surface area contributed by atoms with Gasteiger partial charge in [-0.2, -0.15) is 0 Å². The van der Waals surface area contributed by atoms with E-state index in [1.54, 1.807) is 32.1 Å². The average molecular weight is 196 g/mol. The van der Waals surface area contributed by atoms with Crippen molar-refractivity contribution in [2.75, 3.05) is 6.16 Å². The van der Waals surface area contributed by atoms with Gasteiger partial charge in [0.25, 0.3) is 0 Å². The van der Waals surface area contributed by atoms with E-state index in [1.165, 1.54) is 44.1 Å². The first kappa shape index (κ1) is 8.72. The van der Waals surface area contributed by atoms with Crippen LogP contribution < -0.4 is 0 Å². The molecule has 0 saturated heterocycles. The first-order chi connectivity index (χ1) is 6.36. The highest BCUT2D eigenvalue weighted by atomic mass is 31.1. The fourth-order valence-corrected chi connectivity index (χ4v) is 6.18. The number of hydrogen-bond acceptors (Lipinski definition) is 0. The zero-order valence-corrected chi connectivity index (χ0v) is 9.63. The van der Waals surface area contributed by atoms with Crippen LogP contribution in [0.1, 0.15) is 39.0 Å². The van der Waals surface area contributed by atoms with Gasteiger partial charge in [-0.15, -0.1) is 8.58 Å².